The molecular weight excluding hydrogens is 332 g/mol. The van der Waals surface area contributed by atoms with Crippen LogP contribution >= 0.6 is 11.3 Å². The van der Waals surface area contributed by atoms with E-state index in [1.54, 1.807) is 7.05 Å². The molecule has 25 heavy (non-hydrogen) atoms. The van der Waals surface area contributed by atoms with E-state index in [0.717, 1.165) is 24.4 Å². The minimum Gasteiger partial charge on any atom is -0.478 e. The van der Waals surface area contributed by atoms with Crippen LogP contribution in [0.2, 0.25) is 0 Å². The van der Waals surface area contributed by atoms with Gasteiger partial charge >= 0.3 is 0 Å². The maximum absolute atomic E-state index is 5.50. The van der Waals surface area contributed by atoms with Crippen molar-refractivity contribution in [2.75, 3.05) is 13.7 Å². The molecule has 5 nitrogen and oxygen atoms in total. The summed E-state index contributed by atoms with van der Waals surface area (Å²) in [5.41, 5.74) is 1.09. The van der Waals surface area contributed by atoms with Crippen LogP contribution in [-0.4, -0.2) is 30.6 Å². The average Bonchev–Trinajstić information content (AvgIpc) is 3.02. The molecule has 0 aliphatic carbocycles. The zero-order valence-corrected chi connectivity index (χ0v) is 16.3. The Hall–Kier alpha value is -2.08. The number of nitrogens with one attached hydrogen (secondary N) is 2. The van der Waals surface area contributed by atoms with Crippen molar-refractivity contribution >= 4 is 17.3 Å². The molecule has 2 aromatic heterocycles. The Morgan fingerprint density at radius 3 is 2.76 bits per heavy atom. The van der Waals surface area contributed by atoms with Gasteiger partial charge in [0, 0.05) is 48.1 Å². The van der Waals surface area contributed by atoms with Gasteiger partial charge in [-0.25, -0.2) is 4.98 Å². The molecule has 0 amide bonds. The number of nitrogens with zero attached hydrogens (tertiary/aromatic N) is 2. The third-order valence-electron chi connectivity index (χ3n) is 3.62. The lowest BCUT2D eigenvalue weighted by atomic mass is 10.2. The van der Waals surface area contributed by atoms with Crippen LogP contribution in [0.5, 0.6) is 5.88 Å². The fourth-order valence-corrected chi connectivity index (χ4v) is 3.39. The summed E-state index contributed by atoms with van der Waals surface area (Å²) >= 11 is 1.85. The van der Waals surface area contributed by atoms with E-state index in [9.17, 15) is 0 Å². The van der Waals surface area contributed by atoms with Crippen LogP contribution in [0.3, 0.4) is 0 Å². The predicted molar refractivity (Wildman–Crippen MR) is 106 cm³/mol. The lowest BCUT2D eigenvalue weighted by molar-refractivity contribution is 0.305. The van der Waals surface area contributed by atoms with E-state index in [0.29, 0.717) is 25.1 Å². The first-order valence-electron chi connectivity index (χ1n) is 8.71. The van der Waals surface area contributed by atoms with Crippen molar-refractivity contribution in [1.82, 2.24) is 15.6 Å². The summed E-state index contributed by atoms with van der Waals surface area (Å²) in [6, 6.07) is 8.61. The lowest BCUT2D eigenvalue weighted by Crippen LogP contribution is -2.42. The fraction of sp³-hybridized carbons (Fsp3) is 0.474. The van der Waals surface area contributed by atoms with E-state index in [1.165, 1.54) is 9.75 Å². The maximum atomic E-state index is 5.50. The van der Waals surface area contributed by atoms with E-state index in [4.69, 9.17) is 4.74 Å². The van der Waals surface area contributed by atoms with Crippen LogP contribution in [-0.2, 0) is 13.0 Å². The maximum Gasteiger partial charge on any atom is 0.213 e. The van der Waals surface area contributed by atoms with E-state index in [2.05, 4.69) is 53.5 Å². The Morgan fingerprint density at radius 2 is 2.16 bits per heavy atom. The van der Waals surface area contributed by atoms with Crippen molar-refractivity contribution in [2.45, 2.75) is 46.2 Å². The molecule has 0 aromatic carbocycles. The first-order valence-corrected chi connectivity index (χ1v) is 9.52. The summed E-state index contributed by atoms with van der Waals surface area (Å²) in [7, 11) is 1.79. The van der Waals surface area contributed by atoms with E-state index < -0.39 is 0 Å². The standard InChI is InChI=1S/C19H28N4OS/c1-5-10-24-18-9-7-16(12-21-18)13-22-19(20-4)23-14(2)11-17-8-6-15(3)25-17/h6-9,12,14H,5,10-11,13H2,1-4H3,(H2,20,22,23). The monoisotopic (exact) mass is 360 g/mol. The Morgan fingerprint density at radius 1 is 1.32 bits per heavy atom. The molecule has 136 valence electrons. The molecule has 6 heteroatoms. The Kier molecular flexibility index (Phi) is 7.73. The largest absolute Gasteiger partial charge is 0.478 e. The van der Waals surface area contributed by atoms with Gasteiger partial charge in [-0.3, -0.25) is 4.99 Å². The minimum atomic E-state index is 0.312. The normalized spacial score (nSPS) is 12.7. The summed E-state index contributed by atoms with van der Waals surface area (Å²) < 4.78 is 5.50. The van der Waals surface area contributed by atoms with E-state index >= 15 is 0 Å². The highest BCUT2D eigenvalue weighted by molar-refractivity contribution is 7.11. The Bertz CT molecular complexity index is 666. The number of aryl methyl sites for hydroxylation is 1. The molecule has 0 saturated carbocycles. The number of aromatic nitrogens is 1. The smallest absolute Gasteiger partial charge is 0.213 e. The van der Waals surface area contributed by atoms with Crippen molar-refractivity contribution in [3.05, 3.63) is 45.8 Å². The molecule has 0 radical (unpaired) electrons. The molecule has 0 fully saturated rings. The zero-order chi connectivity index (χ0) is 18.1. The summed E-state index contributed by atoms with van der Waals surface area (Å²) in [6.07, 6.45) is 3.81. The van der Waals surface area contributed by atoms with Gasteiger partial charge in [0.25, 0.3) is 0 Å². The van der Waals surface area contributed by atoms with Gasteiger partial charge in [-0.15, -0.1) is 11.3 Å². The highest BCUT2D eigenvalue weighted by atomic mass is 32.1. The molecule has 0 aliphatic rings. The number of rotatable bonds is 8. The first kappa shape index (κ1) is 19.2. The van der Waals surface area contributed by atoms with Crippen molar-refractivity contribution in [3.63, 3.8) is 0 Å². The van der Waals surface area contributed by atoms with Crippen LogP contribution in [0.1, 0.15) is 35.6 Å². The topological polar surface area (TPSA) is 58.5 Å². The van der Waals surface area contributed by atoms with Gasteiger partial charge in [0.1, 0.15) is 0 Å². The van der Waals surface area contributed by atoms with Gasteiger partial charge < -0.3 is 15.4 Å². The van der Waals surface area contributed by atoms with E-state index in [1.807, 2.05) is 29.7 Å². The van der Waals surface area contributed by atoms with Gasteiger partial charge in [0.2, 0.25) is 5.88 Å². The highest BCUT2D eigenvalue weighted by Crippen LogP contribution is 2.16. The van der Waals surface area contributed by atoms with Crippen LogP contribution < -0.4 is 15.4 Å². The molecule has 0 bridgehead atoms. The predicted octanol–water partition coefficient (Wildman–Crippen LogP) is 3.54. The molecule has 1 unspecified atom stereocenters. The van der Waals surface area contributed by atoms with Crippen molar-refractivity contribution < 1.29 is 4.74 Å². The summed E-state index contributed by atoms with van der Waals surface area (Å²) in [5.74, 6) is 1.47. The quantitative estimate of drug-likeness (QED) is 0.558. The molecule has 0 spiro atoms. The molecule has 0 saturated heterocycles. The summed E-state index contributed by atoms with van der Waals surface area (Å²) in [4.78, 5) is 11.4. The number of ether oxygens (including phenoxy) is 1. The summed E-state index contributed by atoms with van der Waals surface area (Å²) in [5, 5.41) is 6.77. The number of pyridine rings is 1. The zero-order valence-electron chi connectivity index (χ0n) is 15.5. The second-order valence-corrected chi connectivity index (χ2v) is 7.41. The van der Waals surface area contributed by atoms with Crippen molar-refractivity contribution in [3.8, 4) is 5.88 Å². The molecule has 2 heterocycles. The van der Waals surface area contributed by atoms with Crippen LogP contribution in [0.4, 0.5) is 0 Å². The molecule has 0 aliphatic heterocycles. The van der Waals surface area contributed by atoms with Gasteiger partial charge in [0.05, 0.1) is 6.61 Å². The van der Waals surface area contributed by atoms with Crippen molar-refractivity contribution in [2.24, 2.45) is 4.99 Å². The Labute approximate surface area is 154 Å². The average molecular weight is 361 g/mol. The molecule has 2 rings (SSSR count). The number of aliphatic imine (C=N–C) groups is 1. The lowest BCUT2D eigenvalue weighted by Gasteiger charge is -2.17. The van der Waals surface area contributed by atoms with Crippen LogP contribution in [0, 0.1) is 6.92 Å². The molecule has 2 N–H and O–H groups in total. The number of hydrogen-bond acceptors (Lipinski definition) is 4. The third kappa shape index (κ3) is 6.74. The van der Waals surface area contributed by atoms with E-state index in [-0.39, 0.29) is 0 Å². The number of hydrogen-bond donors (Lipinski definition) is 2. The highest BCUT2D eigenvalue weighted by Gasteiger charge is 2.08. The van der Waals surface area contributed by atoms with Crippen LogP contribution in [0.15, 0.2) is 35.5 Å². The minimum absolute atomic E-state index is 0.312. The Balaban J connectivity index is 1.79. The molecule has 2 aromatic rings. The SMILES string of the molecule is CCCOc1ccc(CNC(=NC)NC(C)Cc2ccc(C)s2)cn1. The summed E-state index contributed by atoms with van der Waals surface area (Å²) in [6.45, 7) is 7.76. The molecular formula is C19H28N4OS. The van der Waals surface area contributed by atoms with Gasteiger partial charge in [-0.1, -0.05) is 13.0 Å². The van der Waals surface area contributed by atoms with Crippen LogP contribution in [0.25, 0.3) is 0 Å². The van der Waals surface area contributed by atoms with Gasteiger partial charge in [0.15, 0.2) is 5.96 Å². The van der Waals surface area contributed by atoms with Gasteiger partial charge in [-0.05, 0) is 38.0 Å². The second kappa shape index (κ2) is 10.0. The first-order chi connectivity index (χ1) is 12.1. The second-order valence-electron chi connectivity index (χ2n) is 6.04. The fourth-order valence-electron chi connectivity index (χ4n) is 2.37. The van der Waals surface area contributed by atoms with Crippen molar-refractivity contribution in [1.29, 1.82) is 0 Å². The third-order valence-corrected chi connectivity index (χ3v) is 4.64. The molecule has 1 atom stereocenters. The number of thiophene rings is 1. The number of guanidine groups is 1. The van der Waals surface area contributed by atoms with Gasteiger partial charge in [-0.2, -0.15) is 0 Å².